The molecular formula is C18H23N3O4. The Bertz CT molecular complexity index is 672. The quantitative estimate of drug-likeness (QED) is 0.597. The molecule has 1 aliphatic heterocycles. The van der Waals surface area contributed by atoms with Crippen LogP contribution in [0.3, 0.4) is 0 Å². The van der Waals surface area contributed by atoms with Crippen molar-refractivity contribution in [2.75, 3.05) is 19.6 Å². The van der Waals surface area contributed by atoms with E-state index in [4.69, 9.17) is 0 Å². The molecule has 25 heavy (non-hydrogen) atoms. The summed E-state index contributed by atoms with van der Waals surface area (Å²) in [6, 6.07) is 8.96. The number of imide groups is 2. The molecule has 0 bridgehead atoms. The minimum Gasteiger partial charge on any atom is -0.354 e. The van der Waals surface area contributed by atoms with Crippen LogP contribution in [0.4, 0.5) is 4.79 Å². The Morgan fingerprint density at radius 2 is 1.60 bits per heavy atom. The number of carbonyl (C=O) groups excluding carboxylic acids is 4. The SMILES string of the molecule is CC(C)CN1C(=O)C(=O)N(CC(=O)NCC(C)c2ccccc2)C1=O. The summed E-state index contributed by atoms with van der Waals surface area (Å²) in [5, 5.41) is 2.70. The Kier molecular flexibility index (Phi) is 5.90. The summed E-state index contributed by atoms with van der Waals surface area (Å²) in [7, 11) is 0. The first-order valence-corrected chi connectivity index (χ1v) is 8.30. The molecule has 1 N–H and O–H groups in total. The molecule has 0 saturated carbocycles. The minimum absolute atomic E-state index is 0.0428. The molecule has 1 atom stereocenters. The Morgan fingerprint density at radius 1 is 1.00 bits per heavy atom. The Labute approximate surface area is 147 Å². The first kappa shape index (κ1) is 18.6. The average Bonchev–Trinajstić information content (AvgIpc) is 2.78. The predicted molar refractivity (Wildman–Crippen MR) is 91.5 cm³/mol. The van der Waals surface area contributed by atoms with Crippen LogP contribution in [-0.2, 0) is 14.4 Å². The third-order valence-corrected chi connectivity index (χ3v) is 3.96. The van der Waals surface area contributed by atoms with Gasteiger partial charge in [0, 0.05) is 13.1 Å². The monoisotopic (exact) mass is 345 g/mol. The molecule has 0 aromatic heterocycles. The standard InChI is InChI=1S/C18H23N3O4/c1-12(2)10-20-16(23)17(24)21(18(20)25)11-15(22)19-9-13(3)14-7-5-4-6-8-14/h4-8,12-13H,9-11H2,1-3H3,(H,19,22). The second-order valence-corrected chi connectivity index (χ2v) is 6.60. The van der Waals surface area contributed by atoms with Crippen molar-refractivity contribution in [1.82, 2.24) is 15.1 Å². The third-order valence-electron chi connectivity index (χ3n) is 3.96. The van der Waals surface area contributed by atoms with Gasteiger partial charge in [0.05, 0.1) is 0 Å². The van der Waals surface area contributed by atoms with Gasteiger partial charge in [-0.3, -0.25) is 19.3 Å². The van der Waals surface area contributed by atoms with Gasteiger partial charge in [0.2, 0.25) is 5.91 Å². The van der Waals surface area contributed by atoms with Crippen LogP contribution < -0.4 is 5.32 Å². The van der Waals surface area contributed by atoms with Crippen molar-refractivity contribution in [3.05, 3.63) is 35.9 Å². The number of nitrogens with zero attached hydrogens (tertiary/aromatic N) is 2. The summed E-state index contributed by atoms with van der Waals surface area (Å²) in [4.78, 5) is 49.7. The summed E-state index contributed by atoms with van der Waals surface area (Å²) in [5.41, 5.74) is 1.08. The highest BCUT2D eigenvalue weighted by Crippen LogP contribution is 2.15. The summed E-state index contributed by atoms with van der Waals surface area (Å²) >= 11 is 0. The van der Waals surface area contributed by atoms with Crippen molar-refractivity contribution >= 4 is 23.8 Å². The molecule has 1 heterocycles. The first-order valence-electron chi connectivity index (χ1n) is 8.30. The molecule has 0 spiro atoms. The highest BCUT2D eigenvalue weighted by atomic mass is 16.2. The lowest BCUT2D eigenvalue weighted by Crippen LogP contribution is -2.42. The first-order chi connectivity index (χ1) is 11.8. The Balaban J connectivity index is 1.90. The zero-order chi connectivity index (χ0) is 18.6. The number of amides is 5. The van der Waals surface area contributed by atoms with Crippen molar-refractivity contribution < 1.29 is 19.2 Å². The molecule has 1 unspecified atom stereocenters. The lowest BCUT2D eigenvalue weighted by atomic mass is 10.0. The largest absolute Gasteiger partial charge is 0.354 e. The van der Waals surface area contributed by atoms with E-state index in [-0.39, 0.29) is 18.4 Å². The fourth-order valence-electron chi connectivity index (χ4n) is 2.58. The topological polar surface area (TPSA) is 86.8 Å². The van der Waals surface area contributed by atoms with E-state index in [1.165, 1.54) is 0 Å². The number of nitrogens with one attached hydrogen (secondary N) is 1. The molecule has 1 aliphatic rings. The maximum Gasteiger partial charge on any atom is 0.334 e. The number of hydrogen-bond acceptors (Lipinski definition) is 4. The zero-order valence-electron chi connectivity index (χ0n) is 14.7. The van der Waals surface area contributed by atoms with Crippen molar-refractivity contribution in [1.29, 1.82) is 0 Å². The molecule has 2 rings (SSSR count). The van der Waals surface area contributed by atoms with E-state index in [1.54, 1.807) is 0 Å². The van der Waals surface area contributed by atoms with Crippen LogP contribution in [-0.4, -0.2) is 53.2 Å². The molecule has 7 nitrogen and oxygen atoms in total. The van der Waals surface area contributed by atoms with Crippen LogP contribution in [0.2, 0.25) is 0 Å². The summed E-state index contributed by atoms with van der Waals surface area (Å²) in [6.45, 7) is 5.74. The van der Waals surface area contributed by atoms with Crippen molar-refractivity contribution in [3.63, 3.8) is 0 Å². The Morgan fingerprint density at radius 3 is 2.20 bits per heavy atom. The van der Waals surface area contributed by atoms with Gasteiger partial charge in [0.25, 0.3) is 0 Å². The van der Waals surface area contributed by atoms with Gasteiger partial charge < -0.3 is 5.32 Å². The van der Waals surface area contributed by atoms with Gasteiger partial charge in [0.15, 0.2) is 0 Å². The van der Waals surface area contributed by atoms with E-state index in [2.05, 4.69) is 5.32 Å². The summed E-state index contributed by atoms with van der Waals surface area (Å²) in [5.74, 6) is -2.15. The van der Waals surface area contributed by atoms with E-state index in [0.29, 0.717) is 11.4 Å². The maximum atomic E-state index is 12.2. The van der Waals surface area contributed by atoms with Gasteiger partial charge in [-0.25, -0.2) is 9.69 Å². The fraction of sp³-hybridized carbons (Fsp3) is 0.444. The average molecular weight is 345 g/mol. The van der Waals surface area contributed by atoms with E-state index in [1.807, 2.05) is 51.1 Å². The smallest absolute Gasteiger partial charge is 0.334 e. The van der Waals surface area contributed by atoms with Gasteiger partial charge in [-0.15, -0.1) is 0 Å². The number of benzene rings is 1. The summed E-state index contributed by atoms with van der Waals surface area (Å²) < 4.78 is 0. The van der Waals surface area contributed by atoms with E-state index in [9.17, 15) is 19.2 Å². The fourth-order valence-corrected chi connectivity index (χ4v) is 2.58. The second kappa shape index (κ2) is 7.92. The van der Waals surface area contributed by atoms with Crippen LogP contribution in [0.5, 0.6) is 0 Å². The lowest BCUT2D eigenvalue weighted by molar-refractivity contribution is -0.144. The number of urea groups is 1. The van der Waals surface area contributed by atoms with E-state index in [0.717, 1.165) is 10.5 Å². The van der Waals surface area contributed by atoms with Crippen LogP contribution in [0.25, 0.3) is 0 Å². The molecule has 134 valence electrons. The zero-order valence-corrected chi connectivity index (χ0v) is 14.7. The molecule has 1 aromatic carbocycles. The van der Waals surface area contributed by atoms with Crippen LogP contribution >= 0.6 is 0 Å². The number of hydrogen-bond donors (Lipinski definition) is 1. The molecule has 1 aromatic rings. The van der Waals surface area contributed by atoms with Crippen LogP contribution in [0, 0.1) is 5.92 Å². The molecule has 5 amide bonds. The van der Waals surface area contributed by atoms with Gasteiger partial charge >= 0.3 is 17.8 Å². The minimum atomic E-state index is -0.947. The van der Waals surface area contributed by atoms with Gasteiger partial charge in [-0.2, -0.15) is 0 Å². The molecule has 1 fully saturated rings. The predicted octanol–water partition coefficient (Wildman–Crippen LogP) is 1.35. The molecule has 0 aliphatic carbocycles. The van der Waals surface area contributed by atoms with Crippen molar-refractivity contribution in [2.24, 2.45) is 5.92 Å². The van der Waals surface area contributed by atoms with Gasteiger partial charge in [0.1, 0.15) is 6.54 Å². The lowest BCUT2D eigenvalue weighted by Gasteiger charge is -2.17. The number of carbonyl (C=O) groups is 4. The molecular weight excluding hydrogens is 322 g/mol. The second-order valence-electron chi connectivity index (χ2n) is 6.60. The Hall–Kier alpha value is -2.70. The van der Waals surface area contributed by atoms with Crippen molar-refractivity contribution in [3.8, 4) is 0 Å². The van der Waals surface area contributed by atoms with E-state index < -0.39 is 30.3 Å². The molecule has 7 heteroatoms. The number of rotatable bonds is 7. The van der Waals surface area contributed by atoms with Crippen LogP contribution in [0.15, 0.2) is 30.3 Å². The third kappa shape index (κ3) is 4.43. The maximum absolute atomic E-state index is 12.2. The van der Waals surface area contributed by atoms with E-state index >= 15 is 0 Å². The van der Waals surface area contributed by atoms with Crippen molar-refractivity contribution in [2.45, 2.75) is 26.7 Å². The van der Waals surface area contributed by atoms with Gasteiger partial charge in [-0.05, 0) is 17.4 Å². The molecule has 0 radical (unpaired) electrons. The highest BCUT2D eigenvalue weighted by molar-refractivity contribution is 6.45. The van der Waals surface area contributed by atoms with Gasteiger partial charge in [-0.1, -0.05) is 51.1 Å². The summed E-state index contributed by atoms with van der Waals surface area (Å²) in [6.07, 6.45) is 0. The highest BCUT2D eigenvalue weighted by Gasteiger charge is 2.45. The molecule has 1 saturated heterocycles. The van der Waals surface area contributed by atoms with Crippen LogP contribution in [0.1, 0.15) is 32.3 Å². The normalized spacial score (nSPS) is 15.9.